The number of hydrogen-bond donors (Lipinski definition) is 3. The third-order valence-electron chi connectivity index (χ3n) is 5.20. The van der Waals surface area contributed by atoms with Crippen molar-refractivity contribution in [3.8, 4) is 11.1 Å². The fourth-order valence-corrected chi connectivity index (χ4v) is 3.91. The molecule has 0 fully saturated rings. The Bertz CT molecular complexity index is 1010. The third kappa shape index (κ3) is 3.46. The number of amides is 1. The van der Waals surface area contributed by atoms with E-state index in [-0.39, 0.29) is 25.9 Å². The summed E-state index contributed by atoms with van der Waals surface area (Å²) in [5.74, 6) is 0.572. The van der Waals surface area contributed by atoms with Crippen LogP contribution in [0.2, 0.25) is 0 Å². The topological polar surface area (TPSA) is 87.4 Å². The zero-order valence-electron chi connectivity index (χ0n) is 16.6. The number of anilines is 1. The predicted molar refractivity (Wildman–Crippen MR) is 117 cm³/mol. The summed E-state index contributed by atoms with van der Waals surface area (Å²) in [6.45, 7) is 5.75. The van der Waals surface area contributed by atoms with Crippen LogP contribution < -0.4 is 10.6 Å². The molecule has 0 spiro atoms. The molecule has 2 atom stereocenters. The SMILES string of the molecule is Cc1noc(C)c1-c1ccc2c(c1)C(NC[C@H](C)O)(c1ccccc1)C(=O)N2.S. The fourth-order valence-electron chi connectivity index (χ4n) is 3.91. The summed E-state index contributed by atoms with van der Waals surface area (Å²) in [6.07, 6.45) is -0.594. The maximum Gasteiger partial charge on any atom is 0.254 e. The molecule has 3 N–H and O–H groups in total. The fraction of sp³-hybridized carbons (Fsp3) is 0.273. The van der Waals surface area contributed by atoms with E-state index in [9.17, 15) is 9.90 Å². The van der Waals surface area contributed by atoms with Crippen molar-refractivity contribution < 1.29 is 14.4 Å². The molecule has 2 aromatic carbocycles. The maximum atomic E-state index is 13.2. The van der Waals surface area contributed by atoms with Gasteiger partial charge in [0.15, 0.2) is 5.54 Å². The van der Waals surface area contributed by atoms with Crippen LogP contribution in [0.15, 0.2) is 53.1 Å². The van der Waals surface area contributed by atoms with Gasteiger partial charge in [-0.25, -0.2) is 0 Å². The molecule has 1 amide bonds. The van der Waals surface area contributed by atoms with Crippen LogP contribution in [0.5, 0.6) is 0 Å². The smallest absolute Gasteiger partial charge is 0.254 e. The lowest BCUT2D eigenvalue weighted by molar-refractivity contribution is -0.120. The minimum Gasteiger partial charge on any atom is -0.392 e. The molecule has 0 saturated heterocycles. The van der Waals surface area contributed by atoms with E-state index >= 15 is 0 Å². The molecule has 6 nitrogen and oxygen atoms in total. The van der Waals surface area contributed by atoms with Gasteiger partial charge in [-0.3, -0.25) is 10.1 Å². The van der Waals surface area contributed by atoms with Gasteiger partial charge in [0.05, 0.1) is 11.8 Å². The number of carbonyl (C=O) groups is 1. The van der Waals surface area contributed by atoms with E-state index < -0.39 is 11.6 Å². The molecule has 3 aromatic rings. The van der Waals surface area contributed by atoms with Gasteiger partial charge < -0.3 is 14.9 Å². The van der Waals surface area contributed by atoms with E-state index in [2.05, 4.69) is 15.8 Å². The summed E-state index contributed by atoms with van der Waals surface area (Å²) in [5, 5.41) is 20.2. The van der Waals surface area contributed by atoms with Crippen molar-refractivity contribution in [2.24, 2.45) is 0 Å². The Morgan fingerprint density at radius 1 is 1.21 bits per heavy atom. The third-order valence-corrected chi connectivity index (χ3v) is 5.20. The zero-order valence-corrected chi connectivity index (χ0v) is 17.6. The van der Waals surface area contributed by atoms with Gasteiger partial charge >= 0.3 is 0 Å². The van der Waals surface area contributed by atoms with Crippen molar-refractivity contribution in [3.05, 3.63) is 71.1 Å². The molecular weight excluding hydrogens is 386 g/mol. The molecule has 1 aliphatic heterocycles. The Balaban J connectivity index is 0.00000240. The quantitative estimate of drug-likeness (QED) is 0.600. The maximum absolute atomic E-state index is 13.2. The standard InChI is InChI=1S/C22H23N3O3.H2S/c1-13(26)12-23-22(17-7-5-4-6-8-17)18-11-16(9-10-19(18)24-21(22)27)20-14(2)25-28-15(20)3;/h4-11,13,23,26H,12H2,1-3H3,(H,24,27);1H2/t13-,22?;/m0./s1. The number of rotatable bonds is 5. The van der Waals surface area contributed by atoms with Crippen molar-refractivity contribution in [2.45, 2.75) is 32.4 Å². The highest BCUT2D eigenvalue weighted by Gasteiger charge is 2.48. The van der Waals surface area contributed by atoms with Crippen molar-refractivity contribution >= 4 is 25.1 Å². The van der Waals surface area contributed by atoms with Crippen LogP contribution in [0.25, 0.3) is 11.1 Å². The van der Waals surface area contributed by atoms with Crippen LogP contribution in [0.4, 0.5) is 5.69 Å². The van der Waals surface area contributed by atoms with Gasteiger partial charge in [0.25, 0.3) is 5.91 Å². The average Bonchev–Trinajstić information content (AvgIpc) is 3.16. The van der Waals surface area contributed by atoms with Crippen LogP contribution in [0.1, 0.15) is 29.5 Å². The van der Waals surface area contributed by atoms with Gasteiger partial charge in [-0.1, -0.05) is 41.6 Å². The normalized spacial score (nSPS) is 18.7. The summed E-state index contributed by atoms with van der Waals surface area (Å²) in [6, 6.07) is 15.4. The molecule has 0 saturated carbocycles. The van der Waals surface area contributed by atoms with Gasteiger partial charge in [0.1, 0.15) is 5.76 Å². The van der Waals surface area contributed by atoms with E-state index in [0.29, 0.717) is 0 Å². The molecule has 7 heteroatoms. The number of carbonyl (C=O) groups excluding carboxylic acids is 1. The number of fused-ring (bicyclic) bond motifs is 1. The number of nitrogens with zero attached hydrogens (tertiary/aromatic N) is 1. The lowest BCUT2D eigenvalue weighted by Crippen LogP contribution is -2.51. The summed E-state index contributed by atoms with van der Waals surface area (Å²) in [5.41, 5.74) is 3.98. The number of aromatic nitrogens is 1. The van der Waals surface area contributed by atoms with Crippen LogP contribution in [-0.2, 0) is 10.3 Å². The highest BCUT2D eigenvalue weighted by molar-refractivity contribution is 7.59. The predicted octanol–water partition coefficient (Wildman–Crippen LogP) is 3.24. The second-order valence-electron chi connectivity index (χ2n) is 7.26. The van der Waals surface area contributed by atoms with Gasteiger partial charge in [0, 0.05) is 23.4 Å². The molecular formula is C22H25N3O3S. The van der Waals surface area contributed by atoms with Crippen molar-refractivity contribution in [1.29, 1.82) is 0 Å². The summed E-state index contributed by atoms with van der Waals surface area (Å²) in [4.78, 5) is 13.2. The minimum absolute atomic E-state index is 0. The van der Waals surface area contributed by atoms with Crippen molar-refractivity contribution in [1.82, 2.24) is 10.5 Å². The Hall–Kier alpha value is -2.61. The Labute approximate surface area is 176 Å². The van der Waals surface area contributed by atoms with Crippen molar-refractivity contribution in [3.63, 3.8) is 0 Å². The molecule has 0 radical (unpaired) electrons. The van der Waals surface area contributed by atoms with Gasteiger partial charge in [-0.2, -0.15) is 13.5 Å². The molecule has 152 valence electrons. The summed E-state index contributed by atoms with van der Waals surface area (Å²) in [7, 11) is 0. The zero-order chi connectivity index (χ0) is 19.9. The number of aryl methyl sites for hydroxylation is 2. The van der Waals surface area contributed by atoms with Crippen LogP contribution in [0.3, 0.4) is 0 Å². The minimum atomic E-state index is -1.08. The molecule has 2 heterocycles. The van der Waals surface area contributed by atoms with Gasteiger partial charge in [-0.15, -0.1) is 0 Å². The first kappa shape index (κ1) is 21.1. The summed E-state index contributed by atoms with van der Waals surface area (Å²) < 4.78 is 5.32. The molecule has 1 aliphatic rings. The molecule has 29 heavy (non-hydrogen) atoms. The Morgan fingerprint density at radius 3 is 2.55 bits per heavy atom. The van der Waals surface area contributed by atoms with Gasteiger partial charge in [-0.05, 0) is 44.0 Å². The number of hydrogen-bond acceptors (Lipinski definition) is 5. The lowest BCUT2D eigenvalue weighted by Gasteiger charge is -2.30. The molecule has 0 bridgehead atoms. The second-order valence-corrected chi connectivity index (χ2v) is 7.26. The largest absolute Gasteiger partial charge is 0.392 e. The Morgan fingerprint density at radius 2 is 1.93 bits per heavy atom. The van der Waals surface area contributed by atoms with E-state index in [1.165, 1.54) is 0 Å². The van der Waals surface area contributed by atoms with Gasteiger partial charge in [0.2, 0.25) is 0 Å². The van der Waals surface area contributed by atoms with Crippen LogP contribution >= 0.6 is 13.5 Å². The van der Waals surface area contributed by atoms with E-state index in [1.807, 2.05) is 62.4 Å². The number of aliphatic hydroxyl groups excluding tert-OH is 1. The van der Waals surface area contributed by atoms with E-state index in [4.69, 9.17) is 4.52 Å². The average molecular weight is 412 g/mol. The monoisotopic (exact) mass is 411 g/mol. The van der Waals surface area contributed by atoms with Crippen LogP contribution in [0, 0.1) is 13.8 Å². The Kier molecular flexibility index (Phi) is 5.84. The molecule has 1 unspecified atom stereocenters. The number of benzene rings is 2. The van der Waals surface area contributed by atoms with E-state index in [0.717, 1.165) is 39.4 Å². The lowest BCUT2D eigenvalue weighted by atomic mass is 9.82. The molecule has 1 aromatic heterocycles. The van der Waals surface area contributed by atoms with Crippen molar-refractivity contribution in [2.75, 3.05) is 11.9 Å². The first-order valence-electron chi connectivity index (χ1n) is 9.31. The first-order chi connectivity index (χ1) is 13.4. The number of aliphatic hydroxyl groups is 1. The molecule has 4 rings (SSSR count). The second kappa shape index (κ2) is 8.02. The van der Waals surface area contributed by atoms with Crippen LogP contribution in [-0.4, -0.2) is 28.8 Å². The highest BCUT2D eigenvalue weighted by Crippen LogP contribution is 2.43. The first-order valence-corrected chi connectivity index (χ1v) is 9.31. The molecule has 0 aliphatic carbocycles. The highest BCUT2D eigenvalue weighted by atomic mass is 32.1. The van der Waals surface area contributed by atoms with E-state index in [1.54, 1.807) is 6.92 Å². The number of nitrogens with one attached hydrogen (secondary N) is 2. The summed E-state index contributed by atoms with van der Waals surface area (Å²) >= 11 is 0.